The zero-order chi connectivity index (χ0) is 22.5. The van der Waals surface area contributed by atoms with E-state index in [0.29, 0.717) is 6.61 Å². The highest BCUT2D eigenvalue weighted by molar-refractivity contribution is 14.1. The van der Waals surface area contributed by atoms with Gasteiger partial charge in [-0.25, -0.2) is 0 Å². The minimum absolute atomic E-state index is 0.703. The molecule has 0 spiro atoms. The highest BCUT2D eigenvalue weighted by Crippen LogP contribution is 2.44. The van der Waals surface area contributed by atoms with Gasteiger partial charge < -0.3 is 14.2 Å². The number of fused-ring (bicyclic) bond motifs is 1. The highest BCUT2D eigenvalue weighted by Gasteiger charge is 2.18. The molecule has 164 valence electrons. The number of hydrogen-bond acceptors (Lipinski definition) is 3. The van der Waals surface area contributed by atoms with Crippen molar-refractivity contribution in [2.75, 3.05) is 20.8 Å². The van der Waals surface area contributed by atoms with E-state index in [2.05, 4.69) is 84.1 Å². The van der Waals surface area contributed by atoms with E-state index in [0.717, 1.165) is 52.0 Å². The van der Waals surface area contributed by atoms with Crippen LogP contribution in [0.5, 0.6) is 17.2 Å². The van der Waals surface area contributed by atoms with Crippen LogP contribution < -0.4 is 14.2 Å². The van der Waals surface area contributed by atoms with Crippen LogP contribution in [0, 0.1) is 3.57 Å². The zero-order valence-electron chi connectivity index (χ0n) is 18.7. The Labute approximate surface area is 203 Å². The molecule has 0 atom stereocenters. The van der Waals surface area contributed by atoms with Crippen molar-refractivity contribution in [2.24, 2.45) is 0 Å². The van der Waals surface area contributed by atoms with Gasteiger partial charge in [0.15, 0.2) is 0 Å². The molecule has 4 aromatic carbocycles. The molecule has 0 saturated carbocycles. The lowest BCUT2D eigenvalue weighted by atomic mass is 9.93. The molecule has 0 unspecified atom stereocenters. The Kier molecular flexibility index (Phi) is 7.20. The van der Waals surface area contributed by atoms with Crippen molar-refractivity contribution in [3.8, 4) is 39.5 Å². The van der Waals surface area contributed by atoms with E-state index in [1.807, 2.05) is 18.2 Å². The number of unbranched alkanes of at least 4 members (excludes halogenated alkanes) is 1. The summed E-state index contributed by atoms with van der Waals surface area (Å²) in [6, 6.07) is 25.1. The molecule has 0 aliphatic heterocycles. The second-order valence-electron chi connectivity index (χ2n) is 7.63. The Balaban J connectivity index is 1.98. The average molecular weight is 538 g/mol. The molecule has 0 fully saturated rings. The lowest BCUT2D eigenvalue weighted by Gasteiger charge is -2.18. The fraction of sp³-hybridized carbons (Fsp3) is 0.214. The Morgan fingerprint density at radius 1 is 0.750 bits per heavy atom. The van der Waals surface area contributed by atoms with Crippen molar-refractivity contribution in [2.45, 2.75) is 19.8 Å². The standard InChI is InChI=1S/C28H27IO3/c1-4-5-15-32-27-18-25(29)28(20-9-7-6-8-10-20)24-16-22(26(31-3)17-23(24)27)19-11-13-21(30-2)14-12-19/h6-14,16-18H,4-5,15H2,1-3H3. The summed E-state index contributed by atoms with van der Waals surface area (Å²) >= 11 is 2.42. The van der Waals surface area contributed by atoms with E-state index >= 15 is 0 Å². The number of rotatable bonds is 8. The number of benzene rings is 4. The fourth-order valence-electron chi connectivity index (χ4n) is 3.89. The zero-order valence-corrected chi connectivity index (χ0v) is 20.8. The van der Waals surface area contributed by atoms with Gasteiger partial charge in [-0.15, -0.1) is 0 Å². The number of ether oxygens (including phenoxy) is 3. The van der Waals surface area contributed by atoms with Gasteiger partial charge in [0.05, 0.1) is 20.8 Å². The van der Waals surface area contributed by atoms with Crippen LogP contribution in [0.1, 0.15) is 19.8 Å². The van der Waals surface area contributed by atoms with Crippen LogP contribution in [0.25, 0.3) is 33.0 Å². The van der Waals surface area contributed by atoms with Gasteiger partial charge in [0.1, 0.15) is 17.2 Å². The van der Waals surface area contributed by atoms with Crippen molar-refractivity contribution >= 4 is 33.4 Å². The van der Waals surface area contributed by atoms with E-state index in [1.54, 1.807) is 14.2 Å². The molecule has 0 aliphatic rings. The first kappa shape index (κ1) is 22.5. The number of halogens is 1. The van der Waals surface area contributed by atoms with Crippen molar-refractivity contribution in [1.29, 1.82) is 0 Å². The molecule has 0 N–H and O–H groups in total. The Morgan fingerprint density at radius 2 is 1.50 bits per heavy atom. The van der Waals surface area contributed by atoms with Gasteiger partial charge >= 0.3 is 0 Å². The monoisotopic (exact) mass is 538 g/mol. The van der Waals surface area contributed by atoms with Crippen LogP contribution in [0.2, 0.25) is 0 Å². The Bertz CT molecular complexity index is 1200. The minimum atomic E-state index is 0.703. The second kappa shape index (κ2) is 10.3. The first-order valence-corrected chi connectivity index (χ1v) is 11.9. The summed E-state index contributed by atoms with van der Waals surface area (Å²) in [5.41, 5.74) is 4.52. The molecule has 0 aromatic heterocycles. The van der Waals surface area contributed by atoms with Crippen LogP contribution in [0.3, 0.4) is 0 Å². The normalized spacial score (nSPS) is 10.9. The molecule has 0 radical (unpaired) electrons. The van der Waals surface area contributed by atoms with Crippen LogP contribution in [-0.2, 0) is 0 Å². The molecule has 0 heterocycles. The maximum Gasteiger partial charge on any atom is 0.128 e. The van der Waals surface area contributed by atoms with Crippen LogP contribution in [-0.4, -0.2) is 20.8 Å². The van der Waals surface area contributed by atoms with E-state index in [1.165, 1.54) is 14.7 Å². The molecule has 4 rings (SSSR count). The number of hydrogen-bond donors (Lipinski definition) is 0. The largest absolute Gasteiger partial charge is 0.497 e. The third kappa shape index (κ3) is 4.56. The highest BCUT2D eigenvalue weighted by atomic mass is 127. The van der Waals surface area contributed by atoms with E-state index in [4.69, 9.17) is 14.2 Å². The van der Waals surface area contributed by atoms with E-state index < -0.39 is 0 Å². The van der Waals surface area contributed by atoms with Crippen LogP contribution >= 0.6 is 22.6 Å². The summed E-state index contributed by atoms with van der Waals surface area (Å²) in [7, 11) is 3.40. The number of methoxy groups -OCH3 is 2. The van der Waals surface area contributed by atoms with Gasteiger partial charge in [0.2, 0.25) is 0 Å². The quantitative estimate of drug-likeness (QED) is 0.168. The second-order valence-corrected chi connectivity index (χ2v) is 8.79. The van der Waals surface area contributed by atoms with Gasteiger partial charge in [0.25, 0.3) is 0 Å². The van der Waals surface area contributed by atoms with Gasteiger partial charge in [-0.3, -0.25) is 0 Å². The van der Waals surface area contributed by atoms with Gasteiger partial charge in [-0.2, -0.15) is 0 Å². The van der Waals surface area contributed by atoms with Gasteiger partial charge in [0, 0.05) is 20.1 Å². The van der Waals surface area contributed by atoms with Crippen molar-refractivity contribution in [3.05, 3.63) is 76.4 Å². The molecule has 0 aliphatic carbocycles. The van der Waals surface area contributed by atoms with Crippen molar-refractivity contribution in [3.63, 3.8) is 0 Å². The van der Waals surface area contributed by atoms with Gasteiger partial charge in [-0.05, 0) is 75.9 Å². The molecular weight excluding hydrogens is 511 g/mol. The summed E-state index contributed by atoms with van der Waals surface area (Å²) in [5.74, 6) is 2.56. The van der Waals surface area contributed by atoms with Crippen LogP contribution in [0.4, 0.5) is 0 Å². The molecular formula is C28H27IO3. The first-order valence-electron chi connectivity index (χ1n) is 10.8. The average Bonchev–Trinajstić information content (AvgIpc) is 2.84. The molecule has 0 amide bonds. The third-order valence-corrected chi connectivity index (χ3v) is 6.44. The predicted molar refractivity (Wildman–Crippen MR) is 141 cm³/mol. The molecule has 4 aromatic rings. The maximum atomic E-state index is 6.23. The molecule has 32 heavy (non-hydrogen) atoms. The van der Waals surface area contributed by atoms with E-state index in [9.17, 15) is 0 Å². The summed E-state index contributed by atoms with van der Waals surface area (Å²) in [6.07, 6.45) is 2.13. The third-order valence-electron chi connectivity index (χ3n) is 5.59. The topological polar surface area (TPSA) is 27.7 Å². The van der Waals surface area contributed by atoms with Gasteiger partial charge in [-0.1, -0.05) is 55.8 Å². The lowest BCUT2D eigenvalue weighted by molar-refractivity contribution is 0.312. The summed E-state index contributed by atoms with van der Waals surface area (Å²) in [6.45, 7) is 2.88. The minimum Gasteiger partial charge on any atom is -0.497 e. The Hall–Kier alpha value is -2.73. The van der Waals surface area contributed by atoms with E-state index in [-0.39, 0.29) is 0 Å². The SMILES string of the molecule is CCCCOc1cc(I)c(-c2ccccc2)c2cc(-c3ccc(OC)cc3)c(OC)cc12. The Morgan fingerprint density at radius 3 is 2.16 bits per heavy atom. The molecule has 4 heteroatoms. The smallest absolute Gasteiger partial charge is 0.128 e. The summed E-state index contributed by atoms with van der Waals surface area (Å²) < 4.78 is 18.6. The van der Waals surface area contributed by atoms with Crippen molar-refractivity contribution in [1.82, 2.24) is 0 Å². The predicted octanol–water partition coefficient (Wildman–Crippen LogP) is 7.97. The molecule has 3 nitrogen and oxygen atoms in total. The van der Waals surface area contributed by atoms with Crippen molar-refractivity contribution < 1.29 is 14.2 Å². The lowest BCUT2D eigenvalue weighted by Crippen LogP contribution is -2.00. The maximum absolute atomic E-state index is 6.23. The molecule has 0 saturated heterocycles. The molecule has 0 bridgehead atoms. The fourth-order valence-corrected chi connectivity index (χ4v) is 4.78. The van der Waals surface area contributed by atoms with Crippen LogP contribution in [0.15, 0.2) is 72.8 Å². The first-order chi connectivity index (χ1) is 15.7. The summed E-state index contributed by atoms with van der Waals surface area (Å²) in [4.78, 5) is 0. The summed E-state index contributed by atoms with van der Waals surface area (Å²) in [5, 5.41) is 2.22.